The van der Waals surface area contributed by atoms with Crippen molar-refractivity contribution in [1.29, 1.82) is 0 Å². The Bertz CT molecular complexity index is 573. The molecule has 7 nitrogen and oxygen atoms in total. The molecule has 0 aliphatic rings. The van der Waals surface area contributed by atoms with E-state index in [0.717, 1.165) is 5.56 Å². The van der Waals surface area contributed by atoms with E-state index in [-0.39, 0.29) is 11.6 Å². The molecule has 7 heteroatoms. The minimum atomic E-state index is -0.424. The van der Waals surface area contributed by atoms with Crippen molar-refractivity contribution in [2.24, 2.45) is 0 Å². The Balaban J connectivity index is 2.06. The number of nitrogens with zero attached hydrogens (tertiary/aromatic N) is 3. The summed E-state index contributed by atoms with van der Waals surface area (Å²) in [4.78, 5) is 17.9. The summed E-state index contributed by atoms with van der Waals surface area (Å²) in [6.45, 7) is 0.429. The van der Waals surface area contributed by atoms with Gasteiger partial charge in [-0.15, -0.1) is 0 Å². The lowest BCUT2D eigenvalue weighted by atomic mass is 10.2. The molecule has 0 fully saturated rings. The molecule has 2 rings (SSSR count). The van der Waals surface area contributed by atoms with E-state index in [1.165, 1.54) is 18.3 Å². The molecule has 1 heterocycles. The molecule has 18 heavy (non-hydrogen) atoms. The minimum absolute atomic E-state index is 0.0662. The Morgan fingerprint density at radius 3 is 2.94 bits per heavy atom. The minimum Gasteiger partial charge on any atom is -0.368 e. The Morgan fingerprint density at radius 2 is 2.22 bits per heavy atom. The van der Waals surface area contributed by atoms with E-state index in [2.05, 4.69) is 15.3 Å². The fourth-order valence-electron chi connectivity index (χ4n) is 1.44. The van der Waals surface area contributed by atoms with Gasteiger partial charge in [-0.1, -0.05) is 12.1 Å². The fourth-order valence-corrected chi connectivity index (χ4v) is 1.44. The quantitative estimate of drug-likeness (QED) is 0.625. The molecular formula is C11H11N5O2. The second kappa shape index (κ2) is 5.09. The number of nitrogen functional groups attached to an aromatic ring is 1. The summed E-state index contributed by atoms with van der Waals surface area (Å²) >= 11 is 0. The molecule has 0 aliphatic heterocycles. The standard InChI is InChI=1S/C11H11N5O2/c12-11-13-5-4-10(15-11)14-7-8-2-1-3-9(6-8)16(17)18/h1-6H,7H2,(H3,12,13,14,15). The first-order valence-corrected chi connectivity index (χ1v) is 5.21. The van der Waals surface area contributed by atoms with Crippen LogP contribution in [0.25, 0.3) is 0 Å². The Morgan fingerprint density at radius 1 is 1.39 bits per heavy atom. The predicted molar refractivity (Wildman–Crippen MR) is 66.9 cm³/mol. The van der Waals surface area contributed by atoms with Crippen molar-refractivity contribution in [3.05, 3.63) is 52.2 Å². The van der Waals surface area contributed by atoms with Crippen molar-refractivity contribution >= 4 is 17.5 Å². The maximum atomic E-state index is 10.6. The van der Waals surface area contributed by atoms with Crippen molar-refractivity contribution in [2.75, 3.05) is 11.1 Å². The Kier molecular flexibility index (Phi) is 3.33. The maximum Gasteiger partial charge on any atom is 0.269 e. The van der Waals surface area contributed by atoms with Crippen molar-refractivity contribution in [2.45, 2.75) is 6.54 Å². The second-order valence-corrected chi connectivity index (χ2v) is 3.58. The summed E-state index contributed by atoms with van der Waals surface area (Å²) in [5, 5.41) is 13.6. The number of aromatic nitrogens is 2. The van der Waals surface area contributed by atoms with Gasteiger partial charge in [-0.25, -0.2) is 4.98 Å². The summed E-state index contributed by atoms with van der Waals surface area (Å²) in [7, 11) is 0. The van der Waals surface area contributed by atoms with Crippen LogP contribution in [-0.4, -0.2) is 14.9 Å². The van der Waals surface area contributed by atoms with Crippen molar-refractivity contribution in [3.63, 3.8) is 0 Å². The zero-order valence-corrected chi connectivity index (χ0v) is 9.41. The van der Waals surface area contributed by atoms with Gasteiger partial charge < -0.3 is 11.1 Å². The van der Waals surface area contributed by atoms with E-state index >= 15 is 0 Å². The topological polar surface area (TPSA) is 107 Å². The van der Waals surface area contributed by atoms with Crippen LogP contribution in [0.4, 0.5) is 17.5 Å². The van der Waals surface area contributed by atoms with Gasteiger partial charge in [0.1, 0.15) is 5.82 Å². The second-order valence-electron chi connectivity index (χ2n) is 3.58. The third kappa shape index (κ3) is 2.91. The predicted octanol–water partition coefficient (Wildman–Crippen LogP) is 1.58. The third-order valence-electron chi connectivity index (χ3n) is 2.27. The molecule has 0 saturated carbocycles. The molecule has 2 aromatic rings. The lowest BCUT2D eigenvalue weighted by Crippen LogP contribution is -2.04. The van der Waals surface area contributed by atoms with Gasteiger partial charge in [-0.3, -0.25) is 10.1 Å². The molecule has 0 amide bonds. The van der Waals surface area contributed by atoms with Gasteiger partial charge in [0.05, 0.1) is 4.92 Å². The molecular weight excluding hydrogens is 234 g/mol. The van der Waals surface area contributed by atoms with E-state index in [1.54, 1.807) is 18.2 Å². The molecule has 1 aromatic carbocycles. The summed E-state index contributed by atoms with van der Waals surface area (Å²) in [5.74, 6) is 0.757. The van der Waals surface area contributed by atoms with Crippen LogP contribution in [0.5, 0.6) is 0 Å². The van der Waals surface area contributed by atoms with Crippen molar-refractivity contribution in [3.8, 4) is 0 Å². The fraction of sp³-hybridized carbons (Fsp3) is 0.0909. The molecule has 0 spiro atoms. The first kappa shape index (κ1) is 11.8. The zero-order valence-electron chi connectivity index (χ0n) is 9.41. The lowest BCUT2D eigenvalue weighted by molar-refractivity contribution is -0.384. The number of nitrogens with one attached hydrogen (secondary N) is 1. The number of non-ortho nitro benzene ring substituents is 1. The number of anilines is 2. The Hall–Kier alpha value is -2.70. The average Bonchev–Trinajstić information content (AvgIpc) is 2.37. The zero-order chi connectivity index (χ0) is 13.0. The highest BCUT2D eigenvalue weighted by molar-refractivity contribution is 5.40. The van der Waals surface area contributed by atoms with Gasteiger partial charge >= 0.3 is 0 Å². The number of nitro benzene ring substituents is 1. The number of nitro groups is 1. The summed E-state index contributed by atoms with van der Waals surface area (Å²) in [5.41, 5.74) is 6.30. The van der Waals surface area contributed by atoms with Crippen molar-refractivity contribution < 1.29 is 4.92 Å². The molecule has 3 N–H and O–H groups in total. The van der Waals surface area contributed by atoms with Crippen LogP contribution in [0.3, 0.4) is 0 Å². The number of rotatable bonds is 4. The van der Waals surface area contributed by atoms with Crippen LogP contribution < -0.4 is 11.1 Å². The normalized spacial score (nSPS) is 10.0. The Labute approximate surface area is 103 Å². The van der Waals surface area contributed by atoms with E-state index in [4.69, 9.17) is 5.73 Å². The van der Waals surface area contributed by atoms with E-state index in [0.29, 0.717) is 12.4 Å². The number of hydrogen-bond donors (Lipinski definition) is 2. The van der Waals surface area contributed by atoms with E-state index in [1.807, 2.05) is 0 Å². The van der Waals surface area contributed by atoms with Crippen LogP contribution in [-0.2, 0) is 6.54 Å². The van der Waals surface area contributed by atoms with Gasteiger partial charge in [0.15, 0.2) is 0 Å². The summed E-state index contributed by atoms with van der Waals surface area (Å²) in [6, 6.07) is 8.07. The maximum absolute atomic E-state index is 10.6. The number of benzene rings is 1. The highest BCUT2D eigenvalue weighted by atomic mass is 16.6. The highest BCUT2D eigenvalue weighted by Crippen LogP contribution is 2.14. The van der Waals surface area contributed by atoms with Gasteiger partial charge in [-0.05, 0) is 11.6 Å². The SMILES string of the molecule is Nc1nccc(NCc2cccc([N+](=O)[O-])c2)n1. The molecule has 0 atom stereocenters. The number of hydrogen-bond acceptors (Lipinski definition) is 6. The molecule has 1 aromatic heterocycles. The molecule has 92 valence electrons. The first-order valence-electron chi connectivity index (χ1n) is 5.21. The van der Waals surface area contributed by atoms with Crippen molar-refractivity contribution in [1.82, 2.24) is 9.97 Å². The molecule has 0 aliphatic carbocycles. The monoisotopic (exact) mass is 245 g/mol. The van der Waals surface area contributed by atoms with Crippen LogP contribution in [0, 0.1) is 10.1 Å². The lowest BCUT2D eigenvalue weighted by Gasteiger charge is -2.05. The van der Waals surface area contributed by atoms with E-state index in [9.17, 15) is 10.1 Å². The molecule has 0 radical (unpaired) electrons. The average molecular weight is 245 g/mol. The molecule has 0 bridgehead atoms. The molecule has 0 saturated heterocycles. The largest absolute Gasteiger partial charge is 0.368 e. The molecule has 0 unspecified atom stereocenters. The van der Waals surface area contributed by atoms with Gasteiger partial charge in [0, 0.05) is 24.9 Å². The van der Waals surface area contributed by atoms with Crippen LogP contribution >= 0.6 is 0 Å². The van der Waals surface area contributed by atoms with Gasteiger partial charge in [0.25, 0.3) is 5.69 Å². The van der Waals surface area contributed by atoms with Gasteiger partial charge in [-0.2, -0.15) is 4.98 Å². The third-order valence-corrected chi connectivity index (χ3v) is 2.27. The number of nitrogens with two attached hydrogens (primary N) is 1. The van der Waals surface area contributed by atoms with E-state index < -0.39 is 4.92 Å². The van der Waals surface area contributed by atoms with Crippen LogP contribution in [0.1, 0.15) is 5.56 Å². The van der Waals surface area contributed by atoms with Crippen LogP contribution in [0.15, 0.2) is 36.5 Å². The summed E-state index contributed by atoms with van der Waals surface area (Å²) in [6.07, 6.45) is 1.54. The smallest absolute Gasteiger partial charge is 0.269 e. The van der Waals surface area contributed by atoms with Gasteiger partial charge in [0.2, 0.25) is 5.95 Å². The highest BCUT2D eigenvalue weighted by Gasteiger charge is 2.05. The summed E-state index contributed by atoms with van der Waals surface area (Å²) < 4.78 is 0. The van der Waals surface area contributed by atoms with Crippen LogP contribution in [0.2, 0.25) is 0 Å². The first-order chi connectivity index (χ1) is 8.65.